The molecule has 1 N–H and O–H groups in total. The first-order valence-corrected chi connectivity index (χ1v) is 9.14. The zero-order valence-electron chi connectivity index (χ0n) is 13.3. The number of hydrogen-bond acceptors (Lipinski definition) is 3. The van der Waals surface area contributed by atoms with Gasteiger partial charge in [-0.1, -0.05) is 39.0 Å². The molecule has 4 nitrogen and oxygen atoms in total. The van der Waals surface area contributed by atoms with E-state index in [1.807, 2.05) is 6.92 Å². The number of sulfonamides is 1. The Bertz CT molecular complexity index is 497. The van der Waals surface area contributed by atoms with Crippen molar-refractivity contribution in [2.75, 3.05) is 7.11 Å². The van der Waals surface area contributed by atoms with E-state index in [2.05, 4.69) is 11.6 Å². The highest BCUT2D eigenvalue weighted by molar-refractivity contribution is 7.89. The van der Waals surface area contributed by atoms with E-state index in [1.54, 1.807) is 31.4 Å². The number of benzene rings is 1. The standard InChI is InChI=1S/C16H27NO3S/c1-4-5-6-7-8-9-14(2)17-21(18,19)16-12-10-15(20-3)11-13-16/h10-14,17H,4-9H2,1-3H3. The van der Waals surface area contributed by atoms with Crippen LogP contribution in [0.15, 0.2) is 29.2 Å². The largest absolute Gasteiger partial charge is 0.497 e. The SMILES string of the molecule is CCCCCCCC(C)NS(=O)(=O)c1ccc(OC)cc1. The lowest BCUT2D eigenvalue weighted by atomic mass is 10.1. The fourth-order valence-electron chi connectivity index (χ4n) is 2.20. The number of methoxy groups -OCH3 is 1. The van der Waals surface area contributed by atoms with Crippen LogP contribution in [0, 0.1) is 0 Å². The molecule has 5 heteroatoms. The molecule has 1 aromatic rings. The van der Waals surface area contributed by atoms with Crippen LogP contribution in [-0.2, 0) is 10.0 Å². The molecular weight excluding hydrogens is 286 g/mol. The zero-order chi connectivity index (χ0) is 15.7. The quantitative estimate of drug-likeness (QED) is 0.670. The topological polar surface area (TPSA) is 55.4 Å². The van der Waals surface area contributed by atoms with Crippen LogP contribution in [0.1, 0.15) is 52.4 Å². The normalized spacial score (nSPS) is 13.1. The van der Waals surface area contributed by atoms with Crippen molar-refractivity contribution < 1.29 is 13.2 Å². The van der Waals surface area contributed by atoms with Gasteiger partial charge in [-0.2, -0.15) is 0 Å². The number of nitrogens with one attached hydrogen (secondary N) is 1. The van der Waals surface area contributed by atoms with Crippen LogP contribution < -0.4 is 9.46 Å². The molecule has 1 unspecified atom stereocenters. The predicted octanol–water partition coefficient (Wildman–Crippen LogP) is 3.72. The summed E-state index contributed by atoms with van der Waals surface area (Å²) in [5.41, 5.74) is 0. The summed E-state index contributed by atoms with van der Waals surface area (Å²) < 4.78 is 32.2. The average molecular weight is 313 g/mol. The molecule has 0 aliphatic rings. The molecule has 0 amide bonds. The molecule has 0 saturated carbocycles. The van der Waals surface area contributed by atoms with Crippen molar-refractivity contribution >= 4 is 10.0 Å². The molecule has 21 heavy (non-hydrogen) atoms. The fourth-order valence-corrected chi connectivity index (χ4v) is 3.48. The van der Waals surface area contributed by atoms with Gasteiger partial charge in [0, 0.05) is 6.04 Å². The van der Waals surface area contributed by atoms with Gasteiger partial charge in [0.15, 0.2) is 0 Å². The number of unbranched alkanes of at least 4 members (excludes halogenated alkanes) is 4. The smallest absolute Gasteiger partial charge is 0.240 e. The maximum atomic E-state index is 12.2. The van der Waals surface area contributed by atoms with Gasteiger partial charge in [0.1, 0.15) is 5.75 Å². The van der Waals surface area contributed by atoms with E-state index >= 15 is 0 Å². The van der Waals surface area contributed by atoms with Crippen LogP contribution in [0.2, 0.25) is 0 Å². The Hall–Kier alpha value is -1.07. The van der Waals surface area contributed by atoms with Crippen LogP contribution in [0.3, 0.4) is 0 Å². The Labute approximate surface area is 129 Å². The minimum atomic E-state index is -3.44. The lowest BCUT2D eigenvalue weighted by molar-refractivity contribution is 0.414. The third-order valence-corrected chi connectivity index (χ3v) is 5.07. The zero-order valence-corrected chi connectivity index (χ0v) is 14.1. The van der Waals surface area contributed by atoms with E-state index in [0.29, 0.717) is 5.75 Å². The molecule has 0 aliphatic carbocycles. The Balaban J connectivity index is 2.47. The summed E-state index contributed by atoms with van der Waals surface area (Å²) in [5, 5.41) is 0. The van der Waals surface area contributed by atoms with E-state index in [9.17, 15) is 8.42 Å². The molecule has 0 aromatic heterocycles. The van der Waals surface area contributed by atoms with Crippen molar-refractivity contribution in [1.82, 2.24) is 4.72 Å². The second-order valence-corrected chi connectivity index (χ2v) is 7.11. The van der Waals surface area contributed by atoms with Crippen LogP contribution in [0.5, 0.6) is 5.75 Å². The summed E-state index contributed by atoms with van der Waals surface area (Å²) in [6, 6.07) is 6.40. The first-order valence-electron chi connectivity index (χ1n) is 7.66. The number of hydrogen-bond donors (Lipinski definition) is 1. The first kappa shape index (κ1) is 18.0. The lowest BCUT2D eigenvalue weighted by Gasteiger charge is -2.14. The van der Waals surface area contributed by atoms with Gasteiger partial charge in [0.25, 0.3) is 0 Å². The summed E-state index contributed by atoms with van der Waals surface area (Å²) in [6.45, 7) is 4.10. The highest BCUT2D eigenvalue weighted by Gasteiger charge is 2.16. The van der Waals surface area contributed by atoms with Crippen LogP contribution in [0.25, 0.3) is 0 Å². The third kappa shape index (κ3) is 6.48. The van der Waals surface area contributed by atoms with Gasteiger partial charge >= 0.3 is 0 Å². The van der Waals surface area contributed by atoms with Crippen molar-refractivity contribution in [3.8, 4) is 5.75 Å². The van der Waals surface area contributed by atoms with E-state index < -0.39 is 10.0 Å². The second-order valence-electron chi connectivity index (χ2n) is 5.40. The maximum absolute atomic E-state index is 12.2. The Morgan fingerprint density at radius 2 is 1.71 bits per heavy atom. The maximum Gasteiger partial charge on any atom is 0.240 e. The van der Waals surface area contributed by atoms with Gasteiger partial charge in [-0.05, 0) is 37.6 Å². The van der Waals surface area contributed by atoms with Gasteiger partial charge in [0.05, 0.1) is 12.0 Å². The first-order chi connectivity index (χ1) is 9.99. The van der Waals surface area contributed by atoms with Crippen LogP contribution >= 0.6 is 0 Å². The van der Waals surface area contributed by atoms with E-state index in [1.165, 1.54) is 25.7 Å². The Morgan fingerprint density at radius 1 is 1.10 bits per heavy atom. The molecule has 0 heterocycles. The molecule has 1 atom stereocenters. The molecule has 0 bridgehead atoms. The number of rotatable bonds is 10. The van der Waals surface area contributed by atoms with Gasteiger partial charge in [0.2, 0.25) is 10.0 Å². The highest BCUT2D eigenvalue weighted by Crippen LogP contribution is 2.16. The molecule has 1 aromatic carbocycles. The molecule has 0 radical (unpaired) electrons. The van der Waals surface area contributed by atoms with E-state index in [0.717, 1.165) is 12.8 Å². The molecular formula is C16H27NO3S. The van der Waals surface area contributed by atoms with Crippen molar-refractivity contribution in [1.29, 1.82) is 0 Å². The fraction of sp³-hybridized carbons (Fsp3) is 0.625. The monoisotopic (exact) mass is 313 g/mol. The van der Waals surface area contributed by atoms with Crippen molar-refractivity contribution in [2.24, 2.45) is 0 Å². The predicted molar refractivity (Wildman–Crippen MR) is 86.2 cm³/mol. The van der Waals surface area contributed by atoms with E-state index in [4.69, 9.17) is 4.74 Å². The molecule has 0 spiro atoms. The average Bonchev–Trinajstić information content (AvgIpc) is 2.46. The molecule has 0 fully saturated rings. The summed E-state index contributed by atoms with van der Waals surface area (Å²) in [7, 11) is -1.88. The molecule has 0 aliphatic heterocycles. The van der Waals surface area contributed by atoms with Gasteiger partial charge < -0.3 is 4.74 Å². The summed E-state index contributed by atoms with van der Waals surface area (Å²) in [6.07, 6.45) is 6.81. The minimum Gasteiger partial charge on any atom is -0.497 e. The summed E-state index contributed by atoms with van der Waals surface area (Å²) in [5.74, 6) is 0.651. The van der Waals surface area contributed by atoms with E-state index in [-0.39, 0.29) is 10.9 Å². The second kappa shape index (κ2) is 9.05. The highest BCUT2D eigenvalue weighted by atomic mass is 32.2. The Morgan fingerprint density at radius 3 is 2.29 bits per heavy atom. The van der Waals surface area contributed by atoms with Gasteiger partial charge in [-0.15, -0.1) is 0 Å². The molecule has 120 valence electrons. The van der Waals surface area contributed by atoms with Gasteiger partial charge in [-0.3, -0.25) is 0 Å². The third-order valence-electron chi connectivity index (χ3n) is 3.47. The Kier molecular flexibility index (Phi) is 7.75. The minimum absolute atomic E-state index is 0.0428. The van der Waals surface area contributed by atoms with Crippen molar-refractivity contribution in [3.63, 3.8) is 0 Å². The summed E-state index contributed by atoms with van der Waals surface area (Å²) in [4.78, 5) is 0.279. The van der Waals surface area contributed by atoms with Gasteiger partial charge in [-0.25, -0.2) is 13.1 Å². The van der Waals surface area contributed by atoms with Crippen molar-refractivity contribution in [3.05, 3.63) is 24.3 Å². The van der Waals surface area contributed by atoms with Crippen LogP contribution in [0.4, 0.5) is 0 Å². The number of ether oxygens (including phenoxy) is 1. The molecule has 1 rings (SSSR count). The lowest BCUT2D eigenvalue weighted by Crippen LogP contribution is -2.32. The summed E-state index contributed by atoms with van der Waals surface area (Å²) >= 11 is 0. The van der Waals surface area contributed by atoms with Crippen LogP contribution in [-0.4, -0.2) is 21.6 Å². The van der Waals surface area contributed by atoms with Crippen molar-refractivity contribution in [2.45, 2.75) is 63.3 Å². The molecule has 0 saturated heterocycles.